The van der Waals surface area contributed by atoms with Crippen LogP contribution in [-0.2, 0) is 0 Å². The van der Waals surface area contributed by atoms with Crippen LogP contribution in [0.3, 0.4) is 0 Å². The molecular weight excluding hydrogens is 323 g/mol. The maximum absolute atomic E-state index is 6.08. The van der Waals surface area contributed by atoms with E-state index in [2.05, 4.69) is 20.3 Å². The van der Waals surface area contributed by atoms with Crippen LogP contribution in [0.25, 0.3) is 0 Å². The monoisotopic (exact) mass is 332 g/mol. The fourth-order valence-electron chi connectivity index (χ4n) is 1.38. The van der Waals surface area contributed by atoms with Crippen molar-refractivity contribution in [1.82, 2.24) is 15.0 Å². The van der Waals surface area contributed by atoms with Crippen LogP contribution in [0.2, 0.25) is 15.1 Å². The molecule has 0 aliphatic rings. The van der Waals surface area contributed by atoms with Gasteiger partial charge in [0.15, 0.2) is 0 Å². The van der Waals surface area contributed by atoms with Crippen molar-refractivity contribution < 1.29 is 0 Å². The summed E-state index contributed by atoms with van der Waals surface area (Å²) in [5.74, 6) is 0.792. The topological polar surface area (TPSA) is 80.0 Å². The SMILES string of the molecule is CN(C)c1nc(N)nc(Nc2cc(Cl)c(Cl)cc2Cl)n1. The first kappa shape index (κ1) is 14.9. The lowest BCUT2D eigenvalue weighted by molar-refractivity contribution is 0.969. The summed E-state index contributed by atoms with van der Waals surface area (Å²) in [6, 6.07) is 3.12. The standard InChI is InChI=1S/C11H11Cl3N6/c1-20(2)11-18-9(15)17-10(19-11)16-8-4-6(13)5(12)3-7(8)14/h3-4H,1-2H3,(H3,15,16,17,18,19). The van der Waals surface area contributed by atoms with Crippen molar-refractivity contribution in [2.45, 2.75) is 0 Å². The second kappa shape index (κ2) is 5.87. The highest BCUT2D eigenvalue weighted by Crippen LogP contribution is 2.33. The molecule has 0 radical (unpaired) electrons. The van der Waals surface area contributed by atoms with E-state index in [1.165, 1.54) is 6.07 Å². The molecule has 1 aromatic heterocycles. The maximum atomic E-state index is 6.08. The number of rotatable bonds is 3. The molecule has 0 saturated carbocycles. The Morgan fingerprint density at radius 2 is 1.65 bits per heavy atom. The summed E-state index contributed by atoms with van der Waals surface area (Å²) in [5.41, 5.74) is 6.16. The quantitative estimate of drug-likeness (QED) is 0.840. The van der Waals surface area contributed by atoms with Gasteiger partial charge in [-0.25, -0.2) is 0 Å². The first-order chi connectivity index (χ1) is 9.36. The number of nitrogens with two attached hydrogens (primary N) is 1. The zero-order chi connectivity index (χ0) is 14.9. The van der Waals surface area contributed by atoms with Crippen molar-refractivity contribution in [3.05, 3.63) is 27.2 Å². The van der Waals surface area contributed by atoms with E-state index >= 15 is 0 Å². The summed E-state index contributed by atoms with van der Waals surface area (Å²) >= 11 is 17.9. The molecule has 1 aromatic carbocycles. The van der Waals surface area contributed by atoms with Gasteiger partial charge in [-0.2, -0.15) is 15.0 Å². The second-order valence-corrected chi connectivity index (χ2v) is 5.30. The number of hydrogen-bond acceptors (Lipinski definition) is 6. The predicted octanol–water partition coefficient (Wildman–Crippen LogP) is 3.22. The predicted molar refractivity (Wildman–Crippen MR) is 83.3 cm³/mol. The van der Waals surface area contributed by atoms with Gasteiger partial charge in [-0.3, -0.25) is 0 Å². The van der Waals surface area contributed by atoms with Crippen LogP contribution < -0.4 is 16.0 Å². The lowest BCUT2D eigenvalue weighted by atomic mass is 10.3. The first-order valence-electron chi connectivity index (χ1n) is 5.47. The molecular formula is C11H11Cl3N6. The number of hydrogen-bond donors (Lipinski definition) is 2. The molecule has 0 atom stereocenters. The highest BCUT2D eigenvalue weighted by atomic mass is 35.5. The minimum Gasteiger partial charge on any atom is -0.368 e. The molecule has 0 amide bonds. The smallest absolute Gasteiger partial charge is 0.233 e. The average Bonchev–Trinajstić information content (AvgIpc) is 2.35. The molecule has 20 heavy (non-hydrogen) atoms. The number of benzene rings is 1. The molecule has 0 fully saturated rings. The average molecular weight is 334 g/mol. The van der Waals surface area contributed by atoms with Gasteiger partial charge >= 0.3 is 0 Å². The van der Waals surface area contributed by atoms with Crippen molar-refractivity contribution >= 4 is 58.3 Å². The third kappa shape index (κ3) is 3.33. The van der Waals surface area contributed by atoms with Gasteiger partial charge in [0.25, 0.3) is 0 Å². The van der Waals surface area contributed by atoms with E-state index < -0.39 is 0 Å². The second-order valence-electron chi connectivity index (χ2n) is 4.08. The van der Waals surface area contributed by atoms with Gasteiger partial charge in [0.2, 0.25) is 17.8 Å². The molecule has 2 rings (SSSR count). The van der Waals surface area contributed by atoms with Crippen molar-refractivity contribution in [3.8, 4) is 0 Å². The Bertz CT molecular complexity index is 646. The van der Waals surface area contributed by atoms with E-state index in [0.717, 1.165) is 0 Å². The molecule has 6 nitrogen and oxygen atoms in total. The highest BCUT2D eigenvalue weighted by Gasteiger charge is 2.10. The molecule has 2 aromatic rings. The number of nitrogens with zero attached hydrogens (tertiary/aromatic N) is 4. The van der Waals surface area contributed by atoms with E-state index in [-0.39, 0.29) is 11.9 Å². The van der Waals surface area contributed by atoms with Gasteiger partial charge in [-0.1, -0.05) is 34.8 Å². The number of halogens is 3. The highest BCUT2D eigenvalue weighted by molar-refractivity contribution is 6.44. The van der Waals surface area contributed by atoms with E-state index in [1.54, 1.807) is 25.1 Å². The van der Waals surface area contributed by atoms with Crippen molar-refractivity contribution in [1.29, 1.82) is 0 Å². The lowest BCUT2D eigenvalue weighted by Crippen LogP contribution is -2.15. The Balaban J connectivity index is 2.37. The van der Waals surface area contributed by atoms with Crippen molar-refractivity contribution in [3.63, 3.8) is 0 Å². The molecule has 0 spiro atoms. The fourth-order valence-corrected chi connectivity index (χ4v) is 1.97. The van der Waals surface area contributed by atoms with Crippen LogP contribution in [0.15, 0.2) is 12.1 Å². The van der Waals surface area contributed by atoms with Gasteiger partial charge in [-0.15, -0.1) is 0 Å². The number of nitrogens with one attached hydrogen (secondary N) is 1. The third-order valence-corrected chi connectivity index (χ3v) is 3.33. The number of anilines is 4. The minimum absolute atomic E-state index is 0.0994. The summed E-state index contributed by atoms with van der Waals surface area (Å²) in [5, 5.41) is 4.06. The first-order valence-corrected chi connectivity index (χ1v) is 6.60. The molecule has 106 valence electrons. The Morgan fingerprint density at radius 3 is 2.30 bits per heavy atom. The molecule has 0 bridgehead atoms. The summed E-state index contributed by atoms with van der Waals surface area (Å²) in [6.45, 7) is 0. The Kier molecular flexibility index (Phi) is 4.37. The van der Waals surface area contributed by atoms with E-state index in [4.69, 9.17) is 40.5 Å². The zero-order valence-electron chi connectivity index (χ0n) is 10.7. The largest absolute Gasteiger partial charge is 0.368 e. The third-order valence-electron chi connectivity index (χ3n) is 2.30. The maximum Gasteiger partial charge on any atom is 0.233 e. The fraction of sp³-hybridized carbons (Fsp3) is 0.182. The Morgan fingerprint density at radius 1 is 1.00 bits per heavy atom. The minimum atomic E-state index is 0.0994. The lowest BCUT2D eigenvalue weighted by Gasteiger charge is -2.13. The molecule has 9 heteroatoms. The summed E-state index contributed by atoms with van der Waals surface area (Å²) in [6.07, 6.45) is 0. The van der Waals surface area contributed by atoms with Crippen LogP contribution in [0.1, 0.15) is 0 Å². The summed E-state index contributed by atoms with van der Waals surface area (Å²) in [4.78, 5) is 13.9. The number of aromatic nitrogens is 3. The Labute approximate surface area is 130 Å². The van der Waals surface area contributed by atoms with Gasteiger partial charge < -0.3 is 16.0 Å². The van der Waals surface area contributed by atoms with Crippen LogP contribution in [0.5, 0.6) is 0 Å². The van der Waals surface area contributed by atoms with Crippen LogP contribution >= 0.6 is 34.8 Å². The van der Waals surface area contributed by atoms with Crippen LogP contribution in [-0.4, -0.2) is 29.0 Å². The zero-order valence-corrected chi connectivity index (χ0v) is 12.9. The number of nitrogen functional groups attached to an aromatic ring is 1. The molecule has 0 unspecified atom stereocenters. The van der Waals surface area contributed by atoms with Gasteiger partial charge in [0.05, 0.1) is 20.8 Å². The van der Waals surface area contributed by atoms with Crippen LogP contribution in [0, 0.1) is 0 Å². The molecule has 3 N–H and O–H groups in total. The van der Waals surface area contributed by atoms with E-state index in [1.807, 2.05) is 0 Å². The molecule has 1 heterocycles. The van der Waals surface area contributed by atoms with Gasteiger partial charge in [0.1, 0.15) is 0 Å². The van der Waals surface area contributed by atoms with Gasteiger partial charge in [-0.05, 0) is 12.1 Å². The Hall–Kier alpha value is -1.50. The van der Waals surface area contributed by atoms with Crippen LogP contribution in [0.4, 0.5) is 23.5 Å². The summed E-state index contributed by atoms with van der Waals surface area (Å²) < 4.78 is 0. The van der Waals surface area contributed by atoms with E-state index in [9.17, 15) is 0 Å². The van der Waals surface area contributed by atoms with Gasteiger partial charge in [0, 0.05) is 14.1 Å². The normalized spacial score (nSPS) is 10.4. The summed E-state index contributed by atoms with van der Waals surface area (Å²) in [7, 11) is 3.59. The molecule has 0 saturated heterocycles. The molecule has 0 aliphatic carbocycles. The van der Waals surface area contributed by atoms with Crippen molar-refractivity contribution in [2.24, 2.45) is 0 Å². The molecule has 0 aliphatic heterocycles. The van der Waals surface area contributed by atoms with Crippen molar-refractivity contribution in [2.75, 3.05) is 30.0 Å². The van der Waals surface area contributed by atoms with E-state index in [0.29, 0.717) is 26.7 Å².